The van der Waals surface area contributed by atoms with Crippen molar-refractivity contribution in [1.29, 1.82) is 0 Å². The van der Waals surface area contributed by atoms with E-state index < -0.39 is 16.1 Å². The number of hydrogen-bond acceptors (Lipinski definition) is 5. The first-order chi connectivity index (χ1) is 15.6. The van der Waals surface area contributed by atoms with Gasteiger partial charge in [0.2, 0.25) is 15.9 Å². The molecule has 1 heterocycles. The van der Waals surface area contributed by atoms with Crippen LogP contribution in [0, 0.1) is 0 Å². The van der Waals surface area contributed by atoms with Gasteiger partial charge in [0.25, 0.3) is 0 Å². The maximum Gasteiger partial charge on any atom is 0.244 e. The monoisotopic (exact) mass is 474 g/mol. The molecule has 3 rings (SSSR count). The number of para-hydroxylation sites is 1. The zero-order valence-electron chi connectivity index (χ0n) is 20.0. The summed E-state index contributed by atoms with van der Waals surface area (Å²) in [5.41, 5.74) is 0.941. The highest BCUT2D eigenvalue weighted by Crippen LogP contribution is 2.42. The number of rotatable bonds is 9. The van der Waals surface area contributed by atoms with E-state index in [0.717, 1.165) is 34.7 Å². The summed E-state index contributed by atoms with van der Waals surface area (Å²) in [5, 5.41) is 3.10. The fraction of sp³-hybridized carbons (Fsp3) is 0.480. The van der Waals surface area contributed by atoms with Gasteiger partial charge in [-0.3, -0.25) is 9.10 Å². The Balaban J connectivity index is 1.88. The Labute approximate surface area is 197 Å². The molecule has 2 atom stereocenters. The summed E-state index contributed by atoms with van der Waals surface area (Å²) in [6, 6.07) is 13.2. The molecule has 0 saturated carbocycles. The Kier molecular flexibility index (Phi) is 7.57. The minimum atomic E-state index is -3.71. The third kappa shape index (κ3) is 5.43. The van der Waals surface area contributed by atoms with Gasteiger partial charge < -0.3 is 14.8 Å². The molecule has 2 aromatic rings. The molecule has 0 fully saturated rings. The number of nitrogens with one attached hydrogen (secondary N) is 1. The first-order valence-corrected chi connectivity index (χ1v) is 13.3. The first kappa shape index (κ1) is 24.9. The predicted octanol–water partition coefficient (Wildman–Crippen LogP) is 4.44. The SMILES string of the molecule is CCOc1ccc(N([C@@H](C)C(=O)N[C@H]2CC(CC)(CC)Oc3ccccc32)S(C)(=O)=O)cc1. The van der Waals surface area contributed by atoms with Crippen LogP contribution in [-0.4, -0.2) is 38.8 Å². The molecule has 0 unspecified atom stereocenters. The molecule has 2 aromatic carbocycles. The second kappa shape index (κ2) is 10.0. The maximum atomic E-state index is 13.4. The number of ether oxygens (including phenoxy) is 2. The summed E-state index contributed by atoms with van der Waals surface area (Å²) >= 11 is 0. The van der Waals surface area contributed by atoms with Gasteiger partial charge in [-0.25, -0.2) is 8.42 Å². The zero-order valence-corrected chi connectivity index (χ0v) is 20.8. The van der Waals surface area contributed by atoms with Gasteiger partial charge in [0.05, 0.1) is 24.6 Å². The molecular formula is C25H34N2O5S. The number of carbonyl (C=O) groups is 1. The van der Waals surface area contributed by atoms with Crippen molar-refractivity contribution in [3.63, 3.8) is 0 Å². The first-order valence-electron chi connectivity index (χ1n) is 11.4. The molecule has 0 radical (unpaired) electrons. The van der Waals surface area contributed by atoms with E-state index in [1.807, 2.05) is 31.2 Å². The number of amides is 1. The third-order valence-electron chi connectivity index (χ3n) is 6.29. The topological polar surface area (TPSA) is 84.9 Å². The smallest absolute Gasteiger partial charge is 0.244 e. The number of sulfonamides is 1. The van der Waals surface area contributed by atoms with Crippen LogP contribution in [0.25, 0.3) is 0 Å². The Bertz CT molecular complexity index is 1060. The Morgan fingerprint density at radius 2 is 1.79 bits per heavy atom. The highest BCUT2D eigenvalue weighted by molar-refractivity contribution is 7.92. The predicted molar refractivity (Wildman–Crippen MR) is 130 cm³/mol. The molecule has 0 aliphatic carbocycles. The van der Waals surface area contributed by atoms with E-state index in [-0.39, 0.29) is 17.6 Å². The van der Waals surface area contributed by atoms with Crippen molar-refractivity contribution < 1.29 is 22.7 Å². The van der Waals surface area contributed by atoms with Crippen LogP contribution >= 0.6 is 0 Å². The van der Waals surface area contributed by atoms with Gasteiger partial charge >= 0.3 is 0 Å². The van der Waals surface area contributed by atoms with Gasteiger partial charge in [0, 0.05) is 12.0 Å². The Hall–Kier alpha value is -2.74. The number of fused-ring (bicyclic) bond motifs is 1. The fourth-order valence-corrected chi connectivity index (χ4v) is 5.56. The third-order valence-corrected chi connectivity index (χ3v) is 7.53. The lowest BCUT2D eigenvalue weighted by Gasteiger charge is -2.42. The quantitative estimate of drug-likeness (QED) is 0.581. The maximum absolute atomic E-state index is 13.4. The van der Waals surface area contributed by atoms with Gasteiger partial charge in [-0.05, 0) is 57.0 Å². The molecular weight excluding hydrogens is 440 g/mol. The summed E-state index contributed by atoms with van der Waals surface area (Å²) in [5.74, 6) is 1.04. The molecule has 0 aromatic heterocycles. The average molecular weight is 475 g/mol. The summed E-state index contributed by atoms with van der Waals surface area (Å²) in [4.78, 5) is 13.4. The lowest BCUT2D eigenvalue weighted by molar-refractivity contribution is -0.123. The number of carbonyl (C=O) groups excluding carboxylic acids is 1. The summed E-state index contributed by atoms with van der Waals surface area (Å²) in [7, 11) is -3.71. The number of nitrogens with zero attached hydrogens (tertiary/aromatic N) is 1. The Morgan fingerprint density at radius 3 is 2.36 bits per heavy atom. The van der Waals surface area contributed by atoms with Crippen LogP contribution in [0.4, 0.5) is 5.69 Å². The molecule has 1 aliphatic rings. The largest absolute Gasteiger partial charge is 0.494 e. The standard InChI is InChI=1S/C25H34N2O5S/c1-6-25(7-2)17-22(21-11-9-10-12-23(21)32-25)26-24(28)18(4)27(33(5,29)30)19-13-15-20(16-14-19)31-8-3/h9-16,18,22H,6-8,17H2,1-5H3,(H,26,28)/t18-,22-/m0/s1. The van der Waals surface area contributed by atoms with Crippen LogP contribution in [0.1, 0.15) is 58.6 Å². The van der Waals surface area contributed by atoms with Crippen molar-refractivity contribution in [3.8, 4) is 11.5 Å². The number of hydrogen-bond donors (Lipinski definition) is 1. The molecule has 1 aliphatic heterocycles. The lowest BCUT2D eigenvalue weighted by atomic mass is 9.83. The molecule has 0 saturated heterocycles. The highest BCUT2D eigenvalue weighted by Gasteiger charge is 2.40. The van der Waals surface area contributed by atoms with Crippen molar-refractivity contribution >= 4 is 21.6 Å². The van der Waals surface area contributed by atoms with Crippen molar-refractivity contribution in [3.05, 3.63) is 54.1 Å². The normalized spacial score (nSPS) is 17.9. The second-order valence-electron chi connectivity index (χ2n) is 8.46. The summed E-state index contributed by atoms with van der Waals surface area (Å²) in [6.45, 7) is 8.15. The molecule has 8 heteroatoms. The molecule has 0 bridgehead atoms. The van der Waals surface area contributed by atoms with Gasteiger partial charge in [-0.2, -0.15) is 0 Å². The molecule has 1 amide bonds. The molecule has 0 spiro atoms. The molecule has 180 valence electrons. The highest BCUT2D eigenvalue weighted by atomic mass is 32.2. The molecule has 7 nitrogen and oxygen atoms in total. The van der Waals surface area contributed by atoms with Crippen LogP contribution in [0.5, 0.6) is 11.5 Å². The van der Waals surface area contributed by atoms with Gasteiger partial charge in [-0.15, -0.1) is 0 Å². The zero-order chi connectivity index (χ0) is 24.2. The van der Waals surface area contributed by atoms with Crippen LogP contribution in [0.3, 0.4) is 0 Å². The van der Waals surface area contributed by atoms with Gasteiger partial charge in [0.1, 0.15) is 23.1 Å². The minimum absolute atomic E-state index is 0.272. The van der Waals surface area contributed by atoms with Crippen molar-refractivity contribution in [2.24, 2.45) is 0 Å². The van der Waals surface area contributed by atoms with Crippen LogP contribution in [0.2, 0.25) is 0 Å². The minimum Gasteiger partial charge on any atom is -0.494 e. The van der Waals surface area contributed by atoms with E-state index in [4.69, 9.17) is 9.47 Å². The van der Waals surface area contributed by atoms with Crippen LogP contribution in [0.15, 0.2) is 48.5 Å². The van der Waals surface area contributed by atoms with E-state index in [0.29, 0.717) is 24.5 Å². The molecule has 1 N–H and O–H groups in total. The van der Waals surface area contributed by atoms with E-state index in [9.17, 15) is 13.2 Å². The van der Waals surface area contributed by atoms with Crippen molar-refractivity contribution in [2.45, 2.75) is 64.6 Å². The van der Waals surface area contributed by atoms with E-state index in [2.05, 4.69) is 19.2 Å². The van der Waals surface area contributed by atoms with Gasteiger partial charge in [-0.1, -0.05) is 32.0 Å². The van der Waals surface area contributed by atoms with E-state index in [1.54, 1.807) is 31.2 Å². The number of anilines is 1. The fourth-order valence-electron chi connectivity index (χ4n) is 4.39. The summed E-state index contributed by atoms with van der Waals surface area (Å²) in [6.07, 6.45) is 3.34. The second-order valence-corrected chi connectivity index (χ2v) is 10.3. The summed E-state index contributed by atoms with van der Waals surface area (Å²) < 4.78 is 38.3. The van der Waals surface area contributed by atoms with Gasteiger partial charge in [0.15, 0.2) is 0 Å². The van der Waals surface area contributed by atoms with Crippen LogP contribution in [-0.2, 0) is 14.8 Å². The average Bonchev–Trinajstić information content (AvgIpc) is 2.79. The Morgan fingerprint density at radius 1 is 1.15 bits per heavy atom. The van der Waals surface area contributed by atoms with E-state index >= 15 is 0 Å². The lowest BCUT2D eigenvalue weighted by Crippen LogP contribution is -2.51. The molecule has 33 heavy (non-hydrogen) atoms. The van der Waals surface area contributed by atoms with Crippen molar-refractivity contribution in [1.82, 2.24) is 5.32 Å². The number of benzene rings is 2. The van der Waals surface area contributed by atoms with E-state index in [1.165, 1.54) is 0 Å². The van der Waals surface area contributed by atoms with Crippen LogP contribution < -0.4 is 19.1 Å². The van der Waals surface area contributed by atoms with Crippen molar-refractivity contribution in [2.75, 3.05) is 17.2 Å².